The Kier molecular flexibility index (Phi) is 4.58. The fraction of sp³-hybridized carbons (Fsp3) is 0.474. The normalized spacial score (nSPS) is 17.7. The van der Waals surface area contributed by atoms with E-state index in [4.69, 9.17) is 4.74 Å². The van der Waals surface area contributed by atoms with E-state index < -0.39 is 0 Å². The number of aromatic nitrogens is 3. The first-order valence-corrected chi connectivity index (χ1v) is 9.82. The summed E-state index contributed by atoms with van der Waals surface area (Å²) < 4.78 is 7.18. The summed E-state index contributed by atoms with van der Waals surface area (Å²) in [5.41, 5.74) is 1.07. The van der Waals surface area contributed by atoms with E-state index in [-0.39, 0.29) is 11.9 Å². The highest BCUT2D eigenvalue weighted by atomic mass is 32.1. The lowest BCUT2D eigenvalue weighted by Gasteiger charge is -2.36. The number of hydrogen-bond donors (Lipinski definition) is 1. The number of piperidine rings is 1. The molecule has 0 aliphatic carbocycles. The fourth-order valence-electron chi connectivity index (χ4n) is 3.71. The highest BCUT2D eigenvalue weighted by Crippen LogP contribution is 2.43. The van der Waals surface area contributed by atoms with Gasteiger partial charge in [0.2, 0.25) is 10.8 Å². The van der Waals surface area contributed by atoms with Gasteiger partial charge in [-0.1, -0.05) is 36.5 Å². The average Bonchev–Trinajstić information content (AvgIpc) is 3.15. The molecule has 0 radical (unpaired) electrons. The summed E-state index contributed by atoms with van der Waals surface area (Å²) in [6, 6.07) is 8.00. The van der Waals surface area contributed by atoms with Gasteiger partial charge in [-0.05, 0) is 44.8 Å². The Morgan fingerprint density at radius 3 is 2.69 bits per heavy atom. The van der Waals surface area contributed by atoms with Gasteiger partial charge in [0, 0.05) is 5.56 Å². The molecule has 0 amide bonds. The molecule has 6 nitrogen and oxygen atoms in total. The Morgan fingerprint density at radius 2 is 2.00 bits per heavy atom. The van der Waals surface area contributed by atoms with Gasteiger partial charge in [-0.2, -0.15) is 4.52 Å². The van der Waals surface area contributed by atoms with E-state index in [0.717, 1.165) is 53.0 Å². The van der Waals surface area contributed by atoms with E-state index in [0.29, 0.717) is 5.82 Å². The number of benzene rings is 1. The molecular formula is C19H24N4O2S. The topological polar surface area (TPSA) is 62.9 Å². The number of rotatable bonds is 4. The Hall–Kier alpha value is -2.12. The van der Waals surface area contributed by atoms with Crippen LogP contribution in [0.25, 0.3) is 4.96 Å². The maximum absolute atomic E-state index is 10.9. The molecule has 1 fully saturated rings. The molecule has 1 aliphatic rings. The molecule has 7 heteroatoms. The highest BCUT2D eigenvalue weighted by molar-refractivity contribution is 7.17. The molecule has 138 valence electrons. The van der Waals surface area contributed by atoms with Gasteiger partial charge in [0.05, 0.1) is 18.0 Å². The van der Waals surface area contributed by atoms with E-state index in [1.807, 2.05) is 25.1 Å². The number of thiazole rings is 1. The molecule has 1 atom stereocenters. The largest absolute Gasteiger partial charge is 0.496 e. The highest BCUT2D eigenvalue weighted by Gasteiger charge is 2.33. The predicted molar refractivity (Wildman–Crippen MR) is 102 cm³/mol. The summed E-state index contributed by atoms with van der Waals surface area (Å²) in [7, 11) is 1.69. The van der Waals surface area contributed by atoms with Crippen LogP contribution in [-0.2, 0) is 0 Å². The smallest absolute Gasteiger partial charge is 0.230 e. The minimum atomic E-state index is -0.0625. The monoisotopic (exact) mass is 372 g/mol. The first kappa shape index (κ1) is 17.3. The Morgan fingerprint density at radius 1 is 1.27 bits per heavy atom. The summed E-state index contributed by atoms with van der Waals surface area (Å²) in [5.74, 6) is 2.42. The summed E-state index contributed by atoms with van der Waals surface area (Å²) in [4.78, 5) is 8.47. The van der Waals surface area contributed by atoms with Crippen LogP contribution in [0.1, 0.15) is 42.1 Å². The molecule has 2 aromatic heterocycles. The van der Waals surface area contributed by atoms with Crippen molar-refractivity contribution in [3.05, 3.63) is 40.5 Å². The van der Waals surface area contributed by atoms with Crippen LogP contribution in [0.5, 0.6) is 11.6 Å². The molecular weight excluding hydrogens is 348 g/mol. The van der Waals surface area contributed by atoms with Crippen molar-refractivity contribution in [1.82, 2.24) is 19.5 Å². The predicted octanol–water partition coefficient (Wildman–Crippen LogP) is 3.63. The lowest BCUT2D eigenvalue weighted by Crippen LogP contribution is -2.36. The van der Waals surface area contributed by atoms with Gasteiger partial charge in [-0.15, -0.1) is 5.10 Å². The first-order valence-electron chi connectivity index (χ1n) is 9.00. The zero-order valence-corrected chi connectivity index (χ0v) is 16.2. The Balaban J connectivity index is 1.84. The zero-order valence-electron chi connectivity index (χ0n) is 15.3. The standard InChI is InChI=1S/C19H24N4O2S/c1-12-8-10-22(11-9-12)16(14-6-4-5-7-15(14)25-3)17-18(24)23-19(26-17)20-13(2)21-23/h4-7,12,16,24H,8-11H2,1-3H3. The van der Waals surface area contributed by atoms with Crippen LogP contribution in [0.4, 0.5) is 0 Å². The third kappa shape index (κ3) is 2.95. The summed E-state index contributed by atoms with van der Waals surface area (Å²) in [6.45, 7) is 6.13. The first-order chi connectivity index (χ1) is 12.6. The number of aromatic hydroxyl groups is 1. The van der Waals surface area contributed by atoms with Crippen LogP contribution in [-0.4, -0.2) is 44.8 Å². The zero-order chi connectivity index (χ0) is 18.3. The van der Waals surface area contributed by atoms with Crippen LogP contribution >= 0.6 is 11.3 Å². The number of hydrogen-bond acceptors (Lipinski definition) is 6. The van der Waals surface area contributed by atoms with Gasteiger partial charge in [-0.25, -0.2) is 4.98 Å². The summed E-state index contributed by atoms with van der Waals surface area (Å²) in [5, 5.41) is 15.2. The van der Waals surface area contributed by atoms with E-state index >= 15 is 0 Å². The van der Waals surface area contributed by atoms with E-state index in [1.165, 1.54) is 11.3 Å². The summed E-state index contributed by atoms with van der Waals surface area (Å²) in [6.07, 6.45) is 2.32. The summed E-state index contributed by atoms with van der Waals surface area (Å²) >= 11 is 1.50. The maximum atomic E-state index is 10.9. The number of aryl methyl sites for hydroxylation is 1. The maximum Gasteiger partial charge on any atom is 0.230 e. The van der Waals surface area contributed by atoms with Gasteiger partial charge in [-0.3, -0.25) is 4.90 Å². The van der Waals surface area contributed by atoms with Crippen molar-refractivity contribution in [2.45, 2.75) is 32.7 Å². The molecule has 3 heterocycles. The molecule has 4 rings (SSSR count). The Bertz CT molecular complexity index is 912. The number of para-hydroxylation sites is 1. The van der Waals surface area contributed by atoms with Crippen molar-refractivity contribution in [2.24, 2.45) is 5.92 Å². The van der Waals surface area contributed by atoms with Crippen molar-refractivity contribution in [3.63, 3.8) is 0 Å². The van der Waals surface area contributed by atoms with Crippen molar-refractivity contribution in [1.29, 1.82) is 0 Å². The molecule has 3 aromatic rings. The molecule has 1 saturated heterocycles. The second kappa shape index (κ2) is 6.89. The van der Waals surface area contributed by atoms with Crippen LogP contribution in [0, 0.1) is 12.8 Å². The van der Waals surface area contributed by atoms with Gasteiger partial charge in [0.25, 0.3) is 0 Å². The number of ether oxygens (including phenoxy) is 1. The van der Waals surface area contributed by atoms with Crippen molar-refractivity contribution in [2.75, 3.05) is 20.2 Å². The second-order valence-electron chi connectivity index (χ2n) is 7.01. The van der Waals surface area contributed by atoms with E-state index in [2.05, 4.69) is 28.0 Å². The molecule has 1 unspecified atom stereocenters. The molecule has 1 aliphatic heterocycles. The molecule has 1 N–H and O–H groups in total. The van der Waals surface area contributed by atoms with E-state index in [1.54, 1.807) is 11.6 Å². The minimum absolute atomic E-state index is 0.0625. The number of fused-ring (bicyclic) bond motifs is 1. The SMILES string of the molecule is COc1ccccc1C(c1sc2nc(C)nn2c1O)N1CCC(C)CC1. The van der Waals surface area contributed by atoms with Gasteiger partial charge < -0.3 is 9.84 Å². The van der Waals surface area contributed by atoms with Gasteiger partial charge >= 0.3 is 0 Å². The number of nitrogens with zero attached hydrogens (tertiary/aromatic N) is 4. The van der Waals surface area contributed by atoms with Crippen LogP contribution < -0.4 is 4.74 Å². The minimum Gasteiger partial charge on any atom is -0.496 e. The third-order valence-electron chi connectivity index (χ3n) is 5.17. The van der Waals surface area contributed by atoms with Crippen molar-refractivity contribution < 1.29 is 9.84 Å². The Labute approximate surface area is 157 Å². The van der Waals surface area contributed by atoms with Crippen molar-refractivity contribution in [3.8, 4) is 11.6 Å². The molecule has 0 saturated carbocycles. The molecule has 0 bridgehead atoms. The lowest BCUT2D eigenvalue weighted by molar-refractivity contribution is 0.155. The molecule has 0 spiro atoms. The lowest BCUT2D eigenvalue weighted by atomic mass is 9.95. The second-order valence-corrected chi connectivity index (χ2v) is 8.02. The number of methoxy groups -OCH3 is 1. The quantitative estimate of drug-likeness (QED) is 0.758. The fourth-order valence-corrected chi connectivity index (χ4v) is 4.86. The third-order valence-corrected chi connectivity index (χ3v) is 6.24. The van der Waals surface area contributed by atoms with Crippen LogP contribution in [0.15, 0.2) is 24.3 Å². The van der Waals surface area contributed by atoms with E-state index in [9.17, 15) is 5.11 Å². The van der Waals surface area contributed by atoms with Crippen molar-refractivity contribution >= 4 is 16.3 Å². The molecule has 1 aromatic carbocycles. The van der Waals surface area contributed by atoms with Crippen LogP contribution in [0.3, 0.4) is 0 Å². The average molecular weight is 372 g/mol. The van der Waals surface area contributed by atoms with Crippen LogP contribution in [0.2, 0.25) is 0 Å². The molecule has 26 heavy (non-hydrogen) atoms. The van der Waals surface area contributed by atoms with Gasteiger partial charge in [0.1, 0.15) is 11.6 Å². The number of likely N-dealkylation sites (tertiary alicyclic amines) is 1. The van der Waals surface area contributed by atoms with Gasteiger partial charge in [0.15, 0.2) is 0 Å².